The van der Waals surface area contributed by atoms with Crippen LogP contribution in [0.4, 0.5) is 5.13 Å². The van der Waals surface area contributed by atoms with Gasteiger partial charge < -0.3 is 10.3 Å². The molecule has 0 bridgehead atoms. The van der Waals surface area contributed by atoms with E-state index in [-0.39, 0.29) is 18.2 Å². The molecule has 0 saturated carbocycles. The smallest absolute Gasteiger partial charge is 0.247 e. The summed E-state index contributed by atoms with van der Waals surface area (Å²) in [5, 5.41) is 16.6. The van der Waals surface area contributed by atoms with E-state index in [1.807, 2.05) is 38.1 Å². The van der Waals surface area contributed by atoms with Crippen molar-refractivity contribution in [2.75, 3.05) is 5.32 Å². The summed E-state index contributed by atoms with van der Waals surface area (Å²) in [6.07, 6.45) is 3.91. The topological polar surface area (TPSA) is 112 Å². The molecule has 0 aliphatic heterocycles. The molecule has 3 rings (SSSR count). The van der Waals surface area contributed by atoms with E-state index in [2.05, 4.69) is 31.0 Å². The maximum absolute atomic E-state index is 12.1. The summed E-state index contributed by atoms with van der Waals surface area (Å²) >= 11 is 1.19. The minimum Gasteiger partial charge on any atom is -0.358 e. The number of hydrazone groups is 1. The molecule has 2 aromatic heterocycles. The molecule has 2 amide bonds. The first-order valence-corrected chi connectivity index (χ1v) is 9.90. The summed E-state index contributed by atoms with van der Waals surface area (Å²) < 4.78 is 0. The van der Waals surface area contributed by atoms with Gasteiger partial charge >= 0.3 is 0 Å². The van der Waals surface area contributed by atoms with Crippen LogP contribution in [0.1, 0.15) is 42.5 Å². The lowest BCUT2D eigenvalue weighted by Crippen LogP contribution is -2.19. The highest BCUT2D eigenvalue weighted by Crippen LogP contribution is 2.20. The fourth-order valence-corrected chi connectivity index (χ4v) is 3.46. The highest BCUT2D eigenvalue weighted by Gasteiger charge is 2.11. The van der Waals surface area contributed by atoms with Crippen LogP contribution in [0.15, 0.2) is 29.4 Å². The Balaban J connectivity index is 1.54. The lowest BCUT2D eigenvalue weighted by atomic mass is 10.1. The van der Waals surface area contributed by atoms with Crippen molar-refractivity contribution in [1.82, 2.24) is 20.6 Å². The van der Waals surface area contributed by atoms with Gasteiger partial charge in [0, 0.05) is 28.6 Å². The molecule has 8 nitrogen and oxygen atoms in total. The first-order valence-electron chi connectivity index (χ1n) is 9.08. The summed E-state index contributed by atoms with van der Waals surface area (Å²) in [6, 6.07) is 7.91. The maximum atomic E-state index is 12.1. The molecule has 3 N–H and O–H groups in total. The lowest BCUT2D eigenvalue weighted by Gasteiger charge is -1.98. The minimum atomic E-state index is -0.297. The quantitative estimate of drug-likeness (QED) is 0.400. The molecule has 0 fully saturated rings. The van der Waals surface area contributed by atoms with Crippen molar-refractivity contribution >= 4 is 45.4 Å². The number of aromatic amines is 1. The Morgan fingerprint density at radius 3 is 2.89 bits per heavy atom. The molecule has 0 aliphatic rings. The van der Waals surface area contributed by atoms with E-state index in [9.17, 15) is 9.59 Å². The second kappa shape index (κ2) is 9.23. The number of carbonyl (C=O) groups is 2. The fourth-order valence-electron chi connectivity index (χ4n) is 2.71. The zero-order valence-corrected chi connectivity index (χ0v) is 16.6. The number of carbonyl (C=O) groups excluding carboxylic acids is 2. The van der Waals surface area contributed by atoms with E-state index in [1.54, 1.807) is 6.21 Å². The van der Waals surface area contributed by atoms with Gasteiger partial charge in [0.2, 0.25) is 16.9 Å². The minimum absolute atomic E-state index is 0.0483. The zero-order valence-electron chi connectivity index (χ0n) is 15.8. The molecular weight excluding hydrogens is 376 g/mol. The predicted octanol–water partition coefficient (Wildman–Crippen LogP) is 3.15. The van der Waals surface area contributed by atoms with Crippen LogP contribution in [-0.4, -0.2) is 33.2 Å². The van der Waals surface area contributed by atoms with Crippen LogP contribution >= 0.6 is 11.3 Å². The Morgan fingerprint density at radius 1 is 1.25 bits per heavy atom. The Bertz CT molecular complexity index is 1010. The summed E-state index contributed by atoms with van der Waals surface area (Å²) in [6.45, 7) is 3.98. The van der Waals surface area contributed by atoms with Crippen LogP contribution in [0.5, 0.6) is 0 Å². The van der Waals surface area contributed by atoms with Crippen LogP contribution in [0.2, 0.25) is 0 Å². The Labute approximate surface area is 166 Å². The number of nitrogens with one attached hydrogen (secondary N) is 3. The molecule has 0 unspecified atom stereocenters. The lowest BCUT2D eigenvalue weighted by molar-refractivity contribution is -0.120. The number of fused-ring (bicyclic) bond motifs is 1. The number of aryl methyl sites for hydroxylation is 1. The largest absolute Gasteiger partial charge is 0.358 e. The highest BCUT2D eigenvalue weighted by molar-refractivity contribution is 7.15. The zero-order chi connectivity index (χ0) is 19.9. The summed E-state index contributed by atoms with van der Waals surface area (Å²) in [4.78, 5) is 27.1. The third kappa shape index (κ3) is 5.01. The fraction of sp³-hybridized carbons (Fsp3) is 0.316. The number of nitrogens with zero attached hydrogens (tertiary/aromatic N) is 3. The molecular formula is C19H22N6O2S. The van der Waals surface area contributed by atoms with Gasteiger partial charge in [-0.1, -0.05) is 42.9 Å². The van der Waals surface area contributed by atoms with E-state index < -0.39 is 0 Å². The molecule has 1 aromatic carbocycles. The van der Waals surface area contributed by atoms with Crippen molar-refractivity contribution in [2.45, 2.75) is 39.5 Å². The number of anilines is 1. The molecule has 9 heteroatoms. The van der Waals surface area contributed by atoms with Crippen LogP contribution in [0.25, 0.3) is 10.9 Å². The third-order valence-corrected chi connectivity index (χ3v) is 4.95. The van der Waals surface area contributed by atoms with E-state index >= 15 is 0 Å². The number of H-pyrrole nitrogens is 1. The van der Waals surface area contributed by atoms with Gasteiger partial charge in [0.15, 0.2) is 0 Å². The molecule has 0 spiro atoms. The predicted molar refractivity (Wildman–Crippen MR) is 111 cm³/mol. The SMILES string of the molecule is CCCCC(=O)Nc1nnc(CC(=O)N/N=C\c2c(C)[nH]c3ccccc23)s1. The number of amides is 2. The van der Waals surface area contributed by atoms with E-state index in [4.69, 9.17) is 0 Å². The van der Waals surface area contributed by atoms with E-state index in [0.29, 0.717) is 16.6 Å². The van der Waals surface area contributed by atoms with Gasteiger partial charge in [0.05, 0.1) is 12.6 Å². The number of aromatic nitrogens is 3. The van der Waals surface area contributed by atoms with Crippen molar-refractivity contribution in [2.24, 2.45) is 5.10 Å². The van der Waals surface area contributed by atoms with E-state index in [1.165, 1.54) is 11.3 Å². The number of hydrogen-bond donors (Lipinski definition) is 3. The number of unbranched alkanes of at least 4 members (excludes halogenated alkanes) is 1. The molecule has 0 radical (unpaired) electrons. The molecule has 0 atom stereocenters. The van der Waals surface area contributed by atoms with Crippen molar-refractivity contribution in [3.8, 4) is 0 Å². The van der Waals surface area contributed by atoms with Gasteiger partial charge in [-0.3, -0.25) is 9.59 Å². The Kier molecular flexibility index (Phi) is 6.49. The van der Waals surface area contributed by atoms with Gasteiger partial charge in [-0.15, -0.1) is 10.2 Å². The van der Waals surface area contributed by atoms with Crippen LogP contribution in [-0.2, 0) is 16.0 Å². The highest BCUT2D eigenvalue weighted by atomic mass is 32.1. The maximum Gasteiger partial charge on any atom is 0.247 e. The van der Waals surface area contributed by atoms with Crippen LogP contribution in [0.3, 0.4) is 0 Å². The molecule has 146 valence electrons. The number of rotatable bonds is 8. The van der Waals surface area contributed by atoms with Gasteiger partial charge in [-0.25, -0.2) is 5.43 Å². The monoisotopic (exact) mass is 398 g/mol. The molecule has 28 heavy (non-hydrogen) atoms. The van der Waals surface area contributed by atoms with Gasteiger partial charge in [-0.05, 0) is 19.4 Å². The molecule has 2 heterocycles. The van der Waals surface area contributed by atoms with Crippen LogP contribution in [0, 0.1) is 6.92 Å². The van der Waals surface area contributed by atoms with Crippen molar-refractivity contribution in [3.05, 3.63) is 40.5 Å². The summed E-state index contributed by atoms with van der Waals surface area (Å²) in [7, 11) is 0. The second-order valence-corrected chi connectivity index (χ2v) is 7.39. The number of hydrogen-bond acceptors (Lipinski definition) is 6. The first kappa shape index (κ1) is 19.7. The van der Waals surface area contributed by atoms with Crippen molar-refractivity contribution < 1.29 is 9.59 Å². The number of para-hydroxylation sites is 1. The van der Waals surface area contributed by atoms with Gasteiger partial charge in [-0.2, -0.15) is 5.10 Å². The second-order valence-electron chi connectivity index (χ2n) is 6.33. The third-order valence-electron chi connectivity index (χ3n) is 4.11. The van der Waals surface area contributed by atoms with Crippen LogP contribution < -0.4 is 10.7 Å². The van der Waals surface area contributed by atoms with Crippen molar-refractivity contribution in [3.63, 3.8) is 0 Å². The first-order chi connectivity index (χ1) is 13.6. The summed E-state index contributed by atoms with van der Waals surface area (Å²) in [5.41, 5.74) is 5.44. The Hall–Kier alpha value is -3.07. The Morgan fingerprint density at radius 2 is 2.07 bits per heavy atom. The van der Waals surface area contributed by atoms with Crippen molar-refractivity contribution in [1.29, 1.82) is 0 Å². The van der Waals surface area contributed by atoms with Gasteiger partial charge in [0.25, 0.3) is 0 Å². The van der Waals surface area contributed by atoms with E-state index in [0.717, 1.165) is 35.0 Å². The molecule has 3 aromatic rings. The van der Waals surface area contributed by atoms with Gasteiger partial charge in [0.1, 0.15) is 5.01 Å². The average Bonchev–Trinajstić information content (AvgIpc) is 3.23. The standard InChI is InChI=1S/C19H22N6O2S/c1-3-4-9-16(26)22-19-25-24-18(28-19)10-17(27)23-20-11-14-12(2)21-15-8-6-5-7-13(14)15/h5-8,11,21H,3-4,9-10H2,1-2H3,(H,23,27)(H,22,25,26)/b20-11-. The average molecular weight is 398 g/mol. The molecule has 0 aliphatic carbocycles. The number of benzene rings is 1. The summed E-state index contributed by atoms with van der Waals surface area (Å²) in [5.74, 6) is -0.388. The molecule has 0 saturated heterocycles. The normalized spacial score (nSPS) is 11.2.